The lowest BCUT2D eigenvalue weighted by Crippen LogP contribution is -2.32. The molecule has 20 heavy (non-hydrogen) atoms. The van der Waals surface area contributed by atoms with Gasteiger partial charge in [0.2, 0.25) is 0 Å². The molecule has 0 aliphatic carbocycles. The van der Waals surface area contributed by atoms with Crippen molar-refractivity contribution in [3.63, 3.8) is 0 Å². The molecule has 1 unspecified atom stereocenters. The van der Waals surface area contributed by atoms with Gasteiger partial charge < -0.3 is 5.32 Å². The van der Waals surface area contributed by atoms with Crippen LogP contribution in [-0.2, 0) is 0 Å². The lowest BCUT2D eigenvalue weighted by molar-refractivity contribution is 0.241. The second-order valence-corrected chi connectivity index (χ2v) is 5.76. The Kier molecular flexibility index (Phi) is 6.77. The summed E-state index contributed by atoms with van der Waals surface area (Å²) < 4.78 is 0. The van der Waals surface area contributed by atoms with Crippen molar-refractivity contribution in [1.82, 2.24) is 5.32 Å². The molecular weight excluding hydrogens is 244 g/mol. The normalized spacial score (nSPS) is 23.9. The third-order valence-electron chi connectivity index (χ3n) is 4.32. The van der Waals surface area contributed by atoms with Crippen molar-refractivity contribution in [2.45, 2.75) is 52.4 Å². The standard InChI is InChI=1S/C18H30N2/c1-6-9-12-18(11-7-2)13-10-16(15(4)20-14-18)17(8-3)19-5/h6,10,20H,1,4,7-9,11-14H2,2-3,5H3/b19-17-. The fourth-order valence-electron chi connectivity index (χ4n) is 3.11. The number of rotatable bonds is 7. The van der Waals surface area contributed by atoms with E-state index in [0.29, 0.717) is 5.41 Å². The van der Waals surface area contributed by atoms with Crippen molar-refractivity contribution in [3.05, 3.63) is 36.6 Å². The first-order chi connectivity index (χ1) is 9.62. The molecular formula is C18H30N2. The van der Waals surface area contributed by atoms with Crippen LogP contribution in [0.4, 0.5) is 0 Å². The highest BCUT2D eigenvalue weighted by molar-refractivity contribution is 6.03. The zero-order valence-corrected chi connectivity index (χ0v) is 13.5. The minimum Gasteiger partial charge on any atom is -0.384 e. The number of allylic oxidation sites excluding steroid dienone is 3. The lowest BCUT2D eigenvalue weighted by Gasteiger charge is -2.32. The summed E-state index contributed by atoms with van der Waals surface area (Å²) in [6.07, 6.45) is 11.2. The van der Waals surface area contributed by atoms with Gasteiger partial charge in [-0.2, -0.15) is 0 Å². The molecule has 2 nitrogen and oxygen atoms in total. The highest BCUT2D eigenvalue weighted by Crippen LogP contribution is 2.37. The van der Waals surface area contributed by atoms with Crippen LogP contribution in [0.3, 0.4) is 0 Å². The Bertz CT molecular complexity index is 404. The molecule has 1 aliphatic heterocycles. The van der Waals surface area contributed by atoms with Gasteiger partial charge in [-0.05, 0) is 37.5 Å². The fourth-order valence-corrected chi connectivity index (χ4v) is 3.11. The molecule has 1 rings (SSSR count). The topological polar surface area (TPSA) is 24.4 Å². The van der Waals surface area contributed by atoms with E-state index in [1.54, 1.807) is 0 Å². The van der Waals surface area contributed by atoms with Crippen molar-refractivity contribution in [3.8, 4) is 0 Å². The van der Waals surface area contributed by atoms with Crippen LogP contribution in [0.1, 0.15) is 52.4 Å². The zero-order chi connectivity index (χ0) is 15.0. The predicted octanol–water partition coefficient (Wildman–Crippen LogP) is 4.65. The molecule has 0 aromatic rings. The Balaban J connectivity index is 2.99. The summed E-state index contributed by atoms with van der Waals surface area (Å²) in [6.45, 7) is 13.5. The smallest absolute Gasteiger partial charge is 0.0431 e. The zero-order valence-electron chi connectivity index (χ0n) is 13.5. The largest absolute Gasteiger partial charge is 0.384 e. The number of hydrogen-bond acceptors (Lipinski definition) is 2. The maximum Gasteiger partial charge on any atom is 0.0431 e. The first-order valence-corrected chi connectivity index (χ1v) is 7.82. The molecule has 0 radical (unpaired) electrons. The monoisotopic (exact) mass is 274 g/mol. The summed E-state index contributed by atoms with van der Waals surface area (Å²) in [5, 5.41) is 3.55. The number of nitrogens with zero attached hydrogens (tertiary/aromatic N) is 1. The van der Waals surface area contributed by atoms with Gasteiger partial charge in [0.1, 0.15) is 0 Å². The van der Waals surface area contributed by atoms with E-state index in [1.165, 1.54) is 24.8 Å². The van der Waals surface area contributed by atoms with Gasteiger partial charge in [-0.15, -0.1) is 6.58 Å². The van der Waals surface area contributed by atoms with E-state index in [0.717, 1.165) is 37.2 Å². The summed E-state index contributed by atoms with van der Waals surface area (Å²) in [6, 6.07) is 0. The molecule has 1 N–H and O–H groups in total. The molecule has 1 atom stereocenters. The van der Waals surface area contributed by atoms with Crippen LogP contribution in [0, 0.1) is 5.41 Å². The highest BCUT2D eigenvalue weighted by atomic mass is 14.9. The quantitative estimate of drug-likeness (QED) is 0.530. The van der Waals surface area contributed by atoms with E-state index in [1.807, 2.05) is 13.1 Å². The van der Waals surface area contributed by atoms with Crippen LogP contribution in [0.5, 0.6) is 0 Å². The summed E-state index contributed by atoms with van der Waals surface area (Å²) in [5.41, 5.74) is 3.73. The van der Waals surface area contributed by atoms with Gasteiger partial charge in [-0.25, -0.2) is 0 Å². The van der Waals surface area contributed by atoms with E-state index in [2.05, 4.69) is 43.4 Å². The number of aliphatic imine (C=N–C) groups is 1. The Morgan fingerprint density at radius 2 is 2.20 bits per heavy atom. The second kappa shape index (κ2) is 8.08. The average molecular weight is 274 g/mol. The van der Waals surface area contributed by atoms with Crippen LogP contribution >= 0.6 is 0 Å². The molecule has 0 bridgehead atoms. The summed E-state index contributed by atoms with van der Waals surface area (Å²) in [7, 11) is 1.87. The predicted molar refractivity (Wildman–Crippen MR) is 90.3 cm³/mol. The van der Waals surface area contributed by atoms with E-state index in [4.69, 9.17) is 0 Å². The molecule has 112 valence electrons. The Morgan fingerprint density at radius 1 is 1.45 bits per heavy atom. The van der Waals surface area contributed by atoms with Crippen LogP contribution in [0.15, 0.2) is 41.6 Å². The second-order valence-electron chi connectivity index (χ2n) is 5.76. The first-order valence-electron chi connectivity index (χ1n) is 7.82. The Hall–Kier alpha value is -1.31. The molecule has 2 heteroatoms. The molecule has 1 heterocycles. The van der Waals surface area contributed by atoms with E-state index in [-0.39, 0.29) is 0 Å². The van der Waals surface area contributed by atoms with Crippen molar-refractivity contribution in [2.75, 3.05) is 13.6 Å². The molecule has 0 amide bonds. The van der Waals surface area contributed by atoms with Crippen LogP contribution in [0.25, 0.3) is 0 Å². The fraction of sp³-hybridized carbons (Fsp3) is 0.611. The van der Waals surface area contributed by atoms with Crippen molar-refractivity contribution < 1.29 is 0 Å². The van der Waals surface area contributed by atoms with Gasteiger partial charge in [0.15, 0.2) is 0 Å². The molecule has 0 fully saturated rings. The number of hydrogen-bond donors (Lipinski definition) is 1. The first kappa shape index (κ1) is 16.7. The summed E-state index contributed by atoms with van der Waals surface area (Å²) in [4.78, 5) is 4.41. The summed E-state index contributed by atoms with van der Waals surface area (Å²) in [5.74, 6) is 0. The highest BCUT2D eigenvalue weighted by Gasteiger charge is 2.30. The van der Waals surface area contributed by atoms with Crippen LogP contribution < -0.4 is 5.32 Å². The van der Waals surface area contributed by atoms with Gasteiger partial charge in [0.25, 0.3) is 0 Å². The maximum atomic E-state index is 4.41. The minimum atomic E-state index is 0.334. The van der Waals surface area contributed by atoms with E-state index in [9.17, 15) is 0 Å². The maximum absolute atomic E-state index is 4.41. The number of nitrogens with one attached hydrogen (secondary N) is 1. The van der Waals surface area contributed by atoms with E-state index < -0.39 is 0 Å². The Labute approximate surface area is 124 Å². The van der Waals surface area contributed by atoms with Crippen molar-refractivity contribution in [1.29, 1.82) is 0 Å². The van der Waals surface area contributed by atoms with Gasteiger partial charge in [-0.3, -0.25) is 4.99 Å². The average Bonchev–Trinajstić information content (AvgIpc) is 2.61. The molecule has 0 aromatic heterocycles. The molecule has 0 spiro atoms. The van der Waals surface area contributed by atoms with Crippen LogP contribution in [-0.4, -0.2) is 19.3 Å². The van der Waals surface area contributed by atoms with Gasteiger partial charge in [-0.1, -0.05) is 39.0 Å². The van der Waals surface area contributed by atoms with Crippen molar-refractivity contribution >= 4 is 5.71 Å². The summed E-state index contributed by atoms with van der Waals surface area (Å²) >= 11 is 0. The third kappa shape index (κ3) is 4.09. The minimum absolute atomic E-state index is 0.334. The van der Waals surface area contributed by atoms with Gasteiger partial charge >= 0.3 is 0 Å². The van der Waals surface area contributed by atoms with Crippen molar-refractivity contribution in [2.24, 2.45) is 10.4 Å². The Morgan fingerprint density at radius 3 is 2.75 bits per heavy atom. The van der Waals surface area contributed by atoms with Gasteiger partial charge in [0.05, 0.1) is 0 Å². The van der Waals surface area contributed by atoms with Crippen LogP contribution in [0.2, 0.25) is 0 Å². The molecule has 1 aliphatic rings. The third-order valence-corrected chi connectivity index (χ3v) is 4.32. The van der Waals surface area contributed by atoms with Gasteiger partial charge in [0, 0.05) is 30.6 Å². The molecule has 0 saturated carbocycles. The van der Waals surface area contributed by atoms with E-state index >= 15 is 0 Å². The molecule has 0 saturated heterocycles. The molecule has 0 aromatic carbocycles. The SMILES string of the molecule is C=CCCC1(CCC)CC=C(/C(CC)=N\C)C(=C)NC1. The lowest BCUT2D eigenvalue weighted by atomic mass is 9.76.